The molecule has 2 saturated carbocycles. The molecule has 2 aliphatic rings. The number of benzene rings is 1. The van der Waals surface area contributed by atoms with E-state index in [0.29, 0.717) is 36.8 Å². The molecule has 0 atom stereocenters. The molecule has 0 spiro atoms. The van der Waals surface area contributed by atoms with Crippen molar-refractivity contribution in [3.63, 3.8) is 0 Å². The van der Waals surface area contributed by atoms with Gasteiger partial charge in [0.25, 0.3) is 0 Å². The number of carbonyl (C=O) groups excluding carboxylic acids is 1. The Bertz CT molecular complexity index is 1380. The van der Waals surface area contributed by atoms with Crippen molar-refractivity contribution in [3.8, 4) is 6.07 Å². The molecule has 3 aromatic rings. The van der Waals surface area contributed by atoms with E-state index in [9.17, 15) is 22.4 Å². The lowest BCUT2D eigenvalue weighted by atomic mass is 9.85. The summed E-state index contributed by atoms with van der Waals surface area (Å²) >= 11 is 0. The summed E-state index contributed by atoms with van der Waals surface area (Å²) in [4.78, 5) is 25.0. The van der Waals surface area contributed by atoms with Gasteiger partial charge in [-0.05, 0) is 50.7 Å². The monoisotopic (exact) mass is 530 g/mol. The number of carbonyl (C=O) groups is 1. The summed E-state index contributed by atoms with van der Waals surface area (Å²) in [6, 6.07) is 3.13. The fraction of sp³-hybridized carbons (Fsp3) is 0.480. The summed E-state index contributed by atoms with van der Waals surface area (Å²) in [6.45, 7) is 0. The molecule has 0 saturated heterocycles. The van der Waals surface area contributed by atoms with Crippen LogP contribution in [-0.2, 0) is 4.79 Å². The van der Waals surface area contributed by atoms with Gasteiger partial charge < -0.3 is 16.4 Å². The maximum absolute atomic E-state index is 14.7. The fourth-order valence-electron chi connectivity index (χ4n) is 5.25. The zero-order valence-corrected chi connectivity index (χ0v) is 20.4. The van der Waals surface area contributed by atoms with Crippen LogP contribution in [0.25, 0.3) is 11.2 Å². The van der Waals surface area contributed by atoms with Crippen molar-refractivity contribution in [1.29, 1.82) is 5.26 Å². The van der Waals surface area contributed by atoms with Crippen LogP contribution >= 0.6 is 0 Å². The van der Waals surface area contributed by atoms with Gasteiger partial charge in [0, 0.05) is 30.8 Å². The minimum Gasteiger partial charge on any atom is -0.369 e. The van der Waals surface area contributed by atoms with E-state index in [1.54, 1.807) is 10.6 Å². The molecule has 1 amide bonds. The fourth-order valence-corrected chi connectivity index (χ4v) is 5.25. The number of alkyl halides is 2. The highest BCUT2D eigenvalue weighted by Gasteiger charge is 2.35. The summed E-state index contributed by atoms with van der Waals surface area (Å²) in [7, 11) is 0. The SMILES string of the molecule is N#Cc1cc(F)c(Nc2nc3cnc(NC4CCC(F)(F)CC4)nc3n2C2CCC(C(N)=O)CC2)c(F)c1. The number of imidazole rings is 1. The molecule has 0 aliphatic heterocycles. The van der Waals surface area contributed by atoms with Gasteiger partial charge in [-0.25, -0.2) is 27.5 Å². The van der Waals surface area contributed by atoms with Crippen LogP contribution in [0.1, 0.15) is 63.0 Å². The maximum atomic E-state index is 14.7. The lowest BCUT2D eigenvalue weighted by molar-refractivity contribution is -0.122. The number of hydrogen-bond donors (Lipinski definition) is 3. The third-order valence-electron chi connectivity index (χ3n) is 7.36. The van der Waals surface area contributed by atoms with Gasteiger partial charge in [-0.1, -0.05) is 0 Å². The molecule has 2 aromatic heterocycles. The Hall–Kier alpha value is -3.95. The number of nitrogens with zero attached hydrogens (tertiary/aromatic N) is 5. The van der Waals surface area contributed by atoms with Crippen molar-refractivity contribution in [1.82, 2.24) is 19.5 Å². The molecule has 0 bridgehead atoms. The highest BCUT2D eigenvalue weighted by Crippen LogP contribution is 2.38. The Morgan fingerprint density at radius 1 is 1.08 bits per heavy atom. The number of fused-ring (bicyclic) bond motifs is 1. The number of nitrogens with two attached hydrogens (primary N) is 1. The average Bonchev–Trinajstić information content (AvgIpc) is 3.24. The summed E-state index contributed by atoms with van der Waals surface area (Å²) in [5.74, 6) is -4.86. The van der Waals surface area contributed by atoms with Gasteiger partial charge in [0.05, 0.1) is 17.8 Å². The number of nitrogens with one attached hydrogen (secondary N) is 2. The molecule has 13 heteroatoms. The van der Waals surface area contributed by atoms with Gasteiger partial charge in [0.2, 0.25) is 23.7 Å². The van der Waals surface area contributed by atoms with Crippen LogP contribution < -0.4 is 16.4 Å². The second-order valence-electron chi connectivity index (χ2n) is 9.94. The predicted molar refractivity (Wildman–Crippen MR) is 131 cm³/mol. The van der Waals surface area contributed by atoms with E-state index in [1.807, 2.05) is 0 Å². The van der Waals surface area contributed by atoms with Crippen molar-refractivity contribution in [2.75, 3.05) is 10.6 Å². The second-order valence-corrected chi connectivity index (χ2v) is 9.94. The normalized spacial score (nSPS) is 21.7. The van der Waals surface area contributed by atoms with Crippen LogP contribution in [0.4, 0.5) is 35.1 Å². The van der Waals surface area contributed by atoms with Crippen LogP contribution in [0.5, 0.6) is 0 Å². The van der Waals surface area contributed by atoms with Crippen LogP contribution in [-0.4, -0.2) is 37.4 Å². The summed E-state index contributed by atoms with van der Waals surface area (Å²) in [5, 5.41) is 14.8. The van der Waals surface area contributed by atoms with Crippen molar-refractivity contribution in [2.45, 2.75) is 69.4 Å². The van der Waals surface area contributed by atoms with E-state index in [2.05, 4.69) is 25.6 Å². The third kappa shape index (κ3) is 5.20. The van der Waals surface area contributed by atoms with Gasteiger partial charge in [-0.15, -0.1) is 0 Å². The number of rotatable bonds is 6. The minimum absolute atomic E-state index is 0.119. The van der Waals surface area contributed by atoms with Crippen LogP contribution in [0, 0.1) is 28.9 Å². The first-order valence-electron chi connectivity index (χ1n) is 12.5. The molecule has 2 aliphatic carbocycles. The number of aromatic nitrogens is 4. The summed E-state index contributed by atoms with van der Waals surface area (Å²) < 4.78 is 58.3. The van der Waals surface area contributed by atoms with E-state index in [-0.39, 0.29) is 67.1 Å². The standard InChI is InChI=1S/C25H26F4N8O/c26-17-9-13(11-30)10-18(27)20(17)35-24-34-19-12-32-23(33-15-5-7-25(28,29)8-6-15)36-22(19)37(24)16-3-1-14(2-4-16)21(31)38/h9-10,12,14-16H,1-8H2,(H2,31,38)(H,34,35)(H,32,33,36). The Labute approximate surface area is 215 Å². The van der Waals surface area contributed by atoms with E-state index < -0.39 is 23.2 Å². The Morgan fingerprint density at radius 3 is 2.34 bits per heavy atom. The van der Waals surface area contributed by atoms with Crippen LogP contribution in [0.15, 0.2) is 18.3 Å². The lowest BCUT2D eigenvalue weighted by Crippen LogP contribution is -2.32. The zero-order valence-electron chi connectivity index (χ0n) is 20.4. The van der Waals surface area contributed by atoms with Gasteiger partial charge in [0.1, 0.15) is 11.2 Å². The molecular formula is C25H26F4N8O. The number of nitriles is 1. The highest BCUT2D eigenvalue weighted by molar-refractivity contribution is 5.78. The molecule has 2 heterocycles. The summed E-state index contributed by atoms with van der Waals surface area (Å²) in [5.41, 5.74) is 5.60. The molecule has 9 nitrogen and oxygen atoms in total. The molecule has 200 valence electrons. The second kappa shape index (κ2) is 10.1. The predicted octanol–water partition coefficient (Wildman–Crippen LogP) is 4.93. The lowest BCUT2D eigenvalue weighted by Gasteiger charge is -2.29. The number of halogens is 4. The number of anilines is 3. The van der Waals surface area contributed by atoms with Crippen molar-refractivity contribution >= 4 is 34.7 Å². The average molecular weight is 531 g/mol. The molecule has 2 fully saturated rings. The maximum Gasteiger partial charge on any atom is 0.248 e. The molecule has 38 heavy (non-hydrogen) atoms. The van der Waals surface area contributed by atoms with E-state index in [4.69, 9.17) is 11.0 Å². The zero-order chi connectivity index (χ0) is 27.0. The minimum atomic E-state index is -2.66. The smallest absolute Gasteiger partial charge is 0.248 e. The number of hydrogen-bond acceptors (Lipinski definition) is 7. The summed E-state index contributed by atoms with van der Waals surface area (Å²) in [6.07, 6.45) is 3.74. The first-order valence-corrected chi connectivity index (χ1v) is 12.5. The van der Waals surface area contributed by atoms with Gasteiger partial charge in [0.15, 0.2) is 17.3 Å². The molecule has 1 aromatic carbocycles. The molecule has 0 unspecified atom stereocenters. The van der Waals surface area contributed by atoms with Gasteiger partial charge >= 0.3 is 0 Å². The van der Waals surface area contributed by atoms with Crippen LogP contribution in [0.3, 0.4) is 0 Å². The largest absolute Gasteiger partial charge is 0.369 e. The number of primary amides is 1. The van der Waals surface area contributed by atoms with Crippen molar-refractivity contribution in [3.05, 3.63) is 35.5 Å². The Morgan fingerprint density at radius 2 is 1.74 bits per heavy atom. The van der Waals surface area contributed by atoms with E-state index in [1.165, 1.54) is 6.20 Å². The van der Waals surface area contributed by atoms with Crippen LogP contribution in [0.2, 0.25) is 0 Å². The first-order chi connectivity index (χ1) is 18.1. The van der Waals surface area contributed by atoms with Crippen molar-refractivity contribution < 1.29 is 22.4 Å². The quantitative estimate of drug-likeness (QED) is 0.385. The molecule has 4 N–H and O–H groups in total. The van der Waals surface area contributed by atoms with E-state index in [0.717, 1.165) is 12.1 Å². The molecule has 5 rings (SSSR count). The van der Waals surface area contributed by atoms with Gasteiger partial charge in [-0.2, -0.15) is 10.2 Å². The highest BCUT2D eigenvalue weighted by atomic mass is 19.3. The van der Waals surface area contributed by atoms with Gasteiger partial charge in [-0.3, -0.25) is 9.36 Å². The van der Waals surface area contributed by atoms with E-state index >= 15 is 0 Å². The molecule has 0 radical (unpaired) electrons. The topological polar surface area (TPSA) is 135 Å². The first kappa shape index (κ1) is 25.7. The number of amides is 1. The Balaban J connectivity index is 1.50. The third-order valence-corrected chi connectivity index (χ3v) is 7.36. The van der Waals surface area contributed by atoms with Crippen molar-refractivity contribution in [2.24, 2.45) is 11.7 Å². The molecular weight excluding hydrogens is 504 g/mol. The Kier molecular flexibility index (Phi) is 6.81.